The van der Waals surface area contributed by atoms with Gasteiger partial charge in [-0.05, 0) is 6.42 Å². The Hall–Kier alpha value is -1.44. The molecule has 1 aromatic heterocycles. The summed E-state index contributed by atoms with van der Waals surface area (Å²) in [6.45, 7) is 1.91. The molecule has 1 N–H and O–H groups in total. The molecule has 0 aromatic carbocycles. The first-order valence-electron chi connectivity index (χ1n) is 4.78. The second-order valence-corrected chi connectivity index (χ2v) is 5.63. The topological polar surface area (TPSA) is 102 Å². The average Bonchev–Trinajstić information content (AvgIpc) is 2.63. The Morgan fingerprint density at radius 1 is 1.50 bits per heavy atom. The van der Waals surface area contributed by atoms with Crippen LogP contribution in [0.15, 0.2) is 6.20 Å². The number of hydrogen-bond acceptors (Lipinski definition) is 5. The zero-order chi connectivity index (χ0) is 12.2. The van der Waals surface area contributed by atoms with E-state index in [4.69, 9.17) is 5.11 Å². The highest BCUT2D eigenvalue weighted by Gasteiger charge is 2.12. The number of hydrogen-bond donors (Lipinski definition) is 1. The van der Waals surface area contributed by atoms with E-state index in [0.717, 1.165) is 0 Å². The molecular weight excluding hydrogens is 234 g/mol. The van der Waals surface area contributed by atoms with E-state index in [2.05, 4.69) is 10.3 Å². The number of aromatic carboxylic acids is 1. The Kier molecular flexibility index (Phi) is 3.99. The molecule has 0 saturated carbocycles. The van der Waals surface area contributed by atoms with Gasteiger partial charge in [0.05, 0.1) is 18.5 Å². The van der Waals surface area contributed by atoms with Crippen molar-refractivity contribution in [3.05, 3.63) is 11.9 Å². The average molecular weight is 247 g/mol. The van der Waals surface area contributed by atoms with Crippen LogP contribution in [0, 0.1) is 0 Å². The first-order chi connectivity index (χ1) is 7.44. The number of nitrogens with zero attached hydrogens (tertiary/aromatic N) is 3. The van der Waals surface area contributed by atoms with Crippen molar-refractivity contribution < 1.29 is 18.3 Å². The molecule has 0 spiro atoms. The third-order valence-corrected chi connectivity index (χ3v) is 3.74. The summed E-state index contributed by atoms with van der Waals surface area (Å²) >= 11 is 0. The molecule has 0 bridgehead atoms. The second-order valence-electron chi connectivity index (χ2n) is 3.32. The lowest BCUT2D eigenvalue weighted by Gasteiger charge is -2.01. The predicted molar refractivity (Wildman–Crippen MR) is 55.9 cm³/mol. The van der Waals surface area contributed by atoms with Crippen molar-refractivity contribution in [1.29, 1.82) is 0 Å². The normalized spacial score (nSPS) is 11.6. The molecular formula is C8H13N3O4S. The Morgan fingerprint density at radius 2 is 2.19 bits per heavy atom. The van der Waals surface area contributed by atoms with Crippen LogP contribution in [0.3, 0.4) is 0 Å². The van der Waals surface area contributed by atoms with Gasteiger partial charge in [0.1, 0.15) is 0 Å². The van der Waals surface area contributed by atoms with Gasteiger partial charge >= 0.3 is 5.97 Å². The highest BCUT2D eigenvalue weighted by atomic mass is 32.2. The highest BCUT2D eigenvalue weighted by Crippen LogP contribution is 1.97. The molecule has 1 heterocycles. The fourth-order valence-electron chi connectivity index (χ4n) is 1.15. The van der Waals surface area contributed by atoms with Gasteiger partial charge < -0.3 is 5.11 Å². The van der Waals surface area contributed by atoms with Crippen LogP contribution in [0.2, 0.25) is 0 Å². The molecule has 8 heteroatoms. The summed E-state index contributed by atoms with van der Waals surface area (Å²) in [6, 6.07) is 0. The van der Waals surface area contributed by atoms with E-state index in [1.165, 1.54) is 10.9 Å². The molecule has 0 aliphatic carbocycles. The summed E-state index contributed by atoms with van der Waals surface area (Å²) in [5.74, 6) is -1.10. The second kappa shape index (κ2) is 5.06. The van der Waals surface area contributed by atoms with Crippen molar-refractivity contribution in [2.45, 2.75) is 19.9 Å². The van der Waals surface area contributed by atoms with E-state index < -0.39 is 15.8 Å². The molecule has 0 aliphatic rings. The minimum absolute atomic E-state index is 0.0523. The van der Waals surface area contributed by atoms with E-state index in [9.17, 15) is 13.2 Å². The van der Waals surface area contributed by atoms with Crippen LogP contribution in [0.1, 0.15) is 23.8 Å². The van der Waals surface area contributed by atoms with Gasteiger partial charge in [-0.2, -0.15) is 0 Å². The smallest absolute Gasteiger partial charge is 0.358 e. The van der Waals surface area contributed by atoms with E-state index in [1.54, 1.807) is 6.92 Å². The van der Waals surface area contributed by atoms with E-state index in [1.807, 2.05) is 0 Å². The molecule has 1 rings (SSSR count). The van der Waals surface area contributed by atoms with Crippen LogP contribution in [0.25, 0.3) is 0 Å². The number of aryl methyl sites for hydroxylation is 1. The van der Waals surface area contributed by atoms with Crippen molar-refractivity contribution in [3.8, 4) is 0 Å². The molecule has 0 unspecified atom stereocenters. The zero-order valence-corrected chi connectivity index (χ0v) is 9.64. The van der Waals surface area contributed by atoms with Gasteiger partial charge in [0.2, 0.25) is 0 Å². The van der Waals surface area contributed by atoms with Crippen LogP contribution < -0.4 is 0 Å². The summed E-state index contributed by atoms with van der Waals surface area (Å²) in [5.41, 5.74) is -0.187. The Balaban J connectivity index is 2.58. The summed E-state index contributed by atoms with van der Waals surface area (Å²) in [4.78, 5) is 10.5. The van der Waals surface area contributed by atoms with Crippen molar-refractivity contribution in [3.63, 3.8) is 0 Å². The first-order valence-corrected chi connectivity index (χ1v) is 6.60. The van der Waals surface area contributed by atoms with Crippen LogP contribution >= 0.6 is 0 Å². The number of carboxylic acid groups (broad SMARTS) is 1. The molecule has 0 fully saturated rings. The van der Waals surface area contributed by atoms with Gasteiger partial charge in [0.15, 0.2) is 15.5 Å². The maximum absolute atomic E-state index is 11.4. The quantitative estimate of drug-likeness (QED) is 0.747. The van der Waals surface area contributed by atoms with Gasteiger partial charge in [0, 0.05) is 5.75 Å². The largest absolute Gasteiger partial charge is 0.476 e. The monoisotopic (exact) mass is 247 g/mol. The molecule has 0 amide bonds. The molecule has 0 aliphatic heterocycles. The third-order valence-electron chi connectivity index (χ3n) is 1.90. The van der Waals surface area contributed by atoms with Crippen molar-refractivity contribution in [2.75, 3.05) is 11.5 Å². The number of aromatic nitrogens is 3. The fourth-order valence-corrected chi connectivity index (χ4v) is 2.44. The molecule has 0 radical (unpaired) electrons. The third kappa shape index (κ3) is 3.61. The maximum atomic E-state index is 11.4. The Bertz CT molecular complexity index is 465. The van der Waals surface area contributed by atoms with Gasteiger partial charge in [-0.3, -0.25) is 4.68 Å². The molecule has 0 saturated heterocycles. The number of rotatable bonds is 6. The lowest BCUT2D eigenvalue weighted by Crippen LogP contribution is -2.16. The van der Waals surface area contributed by atoms with Crippen molar-refractivity contribution >= 4 is 15.8 Å². The van der Waals surface area contributed by atoms with E-state index in [-0.39, 0.29) is 23.7 Å². The zero-order valence-electron chi connectivity index (χ0n) is 8.83. The number of sulfone groups is 1. The fraction of sp³-hybridized carbons (Fsp3) is 0.625. The van der Waals surface area contributed by atoms with Crippen molar-refractivity contribution in [2.24, 2.45) is 0 Å². The van der Waals surface area contributed by atoms with Crippen LogP contribution in [0.5, 0.6) is 0 Å². The number of carboxylic acids is 1. The van der Waals surface area contributed by atoms with E-state index in [0.29, 0.717) is 6.42 Å². The minimum Gasteiger partial charge on any atom is -0.476 e. The molecule has 0 atom stereocenters. The summed E-state index contributed by atoms with van der Waals surface area (Å²) in [7, 11) is -3.08. The van der Waals surface area contributed by atoms with Gasteiger partial charge in [0.25, 0.3) is 0 Å². The summed E-state index contributed by atoms with van der Waals surface area (Å²) < 4.78 is 24.0. The van der Waals surface area contributed by atoms with Gasteiger partial charge in [-0.1, -0.05) is 12.1 Å². The standard InChI is InChI=1S/C8H13N3O4S/c1-2-4-16(14,15)5-3-11-6-7(8(12)13)9-10-11/h6H,2-5H2,1H3,(H,12,13). The lowest BCUT2D eigenvalue weighted by molar-refractivity contribution is 0.0690. The van der Waals surface area contributed by atoms with Gasteiger partial charge in [-0.25, -0.2) is 13.2 Å². The van der Waals surface area contributed by atoms with Crippen molar-refractivity contribution in [1.82, 2.24) is 15.0 Å². The van der Waals surface area contributed by atoms with Crippen LogP contribution in [0.4, 0.5) is 0 Å². The Morgan fingerprint density at radius 3 is 2.69 bits per heavy atom. The summed E-state index contributed by atoms with van der Waals surface area (Å²) in [5, 5.41) is 15.5. The number of carbonyl (C=O) groups is 1. The van der Waals surface area contributed by atoms with Crippen LogP contribution in [-0.2, 0) is 16.4 Å². The predicted octanol–water partition coefficient (Wildman–Crippen LogP) is -0.199. The first kappa shape index (κ1) is 12.6. The lowest BCUT2D eigenvalue weighted by atomic mass is 10.5. The molecule has 16 heavy (non-hydrogen) atoms. The minimum atomic E-state index is -3.08. The van der Waals surface area contributed by atoms with Gasteiger partial charge in [-0.15, -0.1) is 5.10 Å². The SMILES string of the molecule is CCCS(=O)(=O)CCn1cc(C(=O)O)nn1. The van der Waals surface area contributed by atoms with E-state index >= 15 is 0 Å². The maximum Gasteiger partial charge on any atom is 0.358 e. The Labute approximate surface area is 93.0 Å². The van der Waals surface area contributed by atoms with Crippen LogP contribution in [-0.4, -0.2) is 46.0 Å². The summed E-state index contributed by atoms with van der Waals surface area (Å²) in [6.07, 6.45) is 1.78. The molecule has 1 aromatic rings. The molecule has 7 nitrogen and oxygen atoms in total. The highest BCUT2D eigenvalue weighted by molar-refractivity contribution is 7.91. The molecule has 90 valence electrons.